The van der Waals surface area contributed by atoms with Crippen LogP contribution in [0, 0.1) is 0 Å². The van der Waals surface area contributed by atoms with E-state index in [0.717, 1.165) is 29.7 Å². The standard InChI is InChI=1S/C18H24N2O3S2/c1-4-14-8-6-9-15(5-2)17(14)20(25(3,22)23)12-11-19-18(21)16-10-7-13-24-16/h6-10,13H,4-5,11-12H2,1-3H3,(H,19,21). The largest absolute Gasteiger partial charge is 0.350 e. The van der Waals surface area contributed by atoms with Gasteiger partial charge in [-0.3, -0.25) is 9.10 Å². The van der Waals surface area contributed by atoms with Gasteiger partial charge >= 0.3 is 0 Å². The Kier molecular flexibility index (Phi) is 6.61. The lowest BCUT2D eigenvalue weighted by Gasteiger charge is -2.27. The van der Waals surface area contributed by atoms with Gasteiger partial charge in [-0.1, -0.05) is 38.1 Å². The van der Waals surface area contributed by atoms with Gasteiger partial charge in [0.1, 0.15) is 0 Å². The average Bonchev–Trinajstić information content (AvgIpc) is 3.11. The minimum Gasteiger partial charge on any atom is -0.350 e. The Morgan fingerprint density at radius 2 is 1.76 bits per heavy atom. The van der Waals surface area contributed by atoms with Crippen LogP contribution in [-0.4, -0.2) is 33.7 Å². The van der Waals surface area contributed by atoms with E-state index in [0.29, 0.717) is 4.88 Å². The molecule has 1 aromatic heterocycles. The summed E-state index contributed by atoms with van der Waals surface area (Å²) < 4.78 is 26.2. The molecule has 1 aromatic carbocycles. The maximum atomic E-state index is 12.4. The van der Waals surface area contributed by atoms with E-state index in [4.69, 9.17) is 0 Å². The lowest BCUT2D eigenvalue weighted by Crippen LogP contribution is -2.39. The van der Waals surface area contributed by atoms with E-state index >= 15 is 0 Å². The predicted molar refractivity (Wildman–Crippen MR) is 104 cm³/mol. The second kappa shape index (κ2) is 8.49. The maximum Gasteiger partial charge on any atom is 0.261 e. The number of hydrogen-bond donors (Lipinski definition) is 1. The third-order valence-electron chi connectivity index (χ3n) is 3.96. The van der Waals surface area contributed by atoms with Crippen molar-refractivity contribution in [1.82, 2.24) is 5.32 Å². The Hall–Kier alpha value is -1.86. The smallest absolute Gasteiger partial charge is 0.261 e. The van der Waals surface area contributed by atoms with Crippen LogP contribution >= 0.6 is 11.3 Å². The minimum absolute atomic E-state index is 0.178. The summed E-state index contributed by atoms with van der Waals surface area (Å²) >= 11 is 1.36. The summed E-state index contributed by atoms with van der Waals surface area (Å²) in [7, 11) is -3.45. The summed E-state index contributed by atoms with van der Waals surface area (Å²) in [5, 5.41) is 4.63. The number of benzene rings is 1. The summed E-state index contributed by atoms with van der Waals surface area (Å²) in [6, 6.07) is 9.43. The summed E-state index contributed by atoms with van der Waals surface area (Å²) in [6.07, 6.45) is 2.70. The number of rotatable bonds is 8. The van der Waals surface area contributed by atoms with Crippen molar-refractivity contribution >= 4 is 33.0 Å². The zero-order valence-electron chi connectivity index (χ0n) is 14.8. The Bertz CT molecular complexity index is 793. The van der Waals surface area contributed by atoms with Crippen LogP contribution in [0.15, 0.2) is 35.7 Å². The van der Waals surface area contributed by atoms with Crippen LogP contribution in [0.3, 0.4) is 0 Å². The molecule has 0 spiro atoms. The number of carbonyl (C=O) groups is 1. The average molecular weight is 381 g/mol. The van der Waals surface area contributed by atoms with Crippen LogP contribution < -0.4 is 9.62 Å². The molecule has 5 nitrogen and oxygen atoms in total. The Morgan fingerprint density at radius 3 is 2.24 bits per heavy atom. The van der Waals surface area contributed by atoms with E-state index in [-0.39, 0.29) is 19.0 Å². The van der Waals surface area contributed by atoms with Crippen molar-refractivity contribution in [3.63, 3.8) is 0 Å². The second-order valence-corrected chi connectivity index (χ2v) is 8.55. The third kappa shape index (κ3) is 4.83. The lowest BCUT2D eigenvalue weighted by atomic mass is 10.0. The van der Waals surface area contributed by atoms with E-state index in [1.807, 2.05) is 43.5 Å². The minimum atomic E-state index is -3.45. The van der Waals surface area contributed by atoms with E-state index in [2.05, 4.69) is 5.32 Å². The fourth-order valence-corrected chi connectivity index (χ4v) is 4.37. The third-order valence-corrected chi connectivity index (χ3v) is 5.99. The summed E-state index contributed by atoms with van der Waals surface area (Å²) in [5.74, 6) is -0.178. The fourth-order valence-electron chi connectivity index (χ4n) is 2.74. The molecule has 0 aliphatic heterocycles. The highest BCUT2D eigenvalue weighted by Gasteiger charge is 2.22. The Balaban J connectivity index is 2.22. The molecule has 2 rings (SSSR count). The molecule has 7 heteroatoms. The first kappa shape index (κ1) is 19.5. The van der Waals surface area contributed by atoms with Crippen LogP contribution in [-0.2, 0) is 22.9 Å². The first-order valence-corrected chi connectivity index (χ1v) is 11.0. The van der Waals surface area contributed by atoms with Crippen LogP contribution in [0.5, 0.6) is 0 Å². The van der Waals surface area contributed by atoms with Crippen molar-refractivity contribution < 1.29 is 13.2 Å². The molecule has 0 unspecified atom stereocenters. The number of hydrogen-bond acceptors (Lipinski definition) is 4. The molecule has 0 aliphatic rings. The SMILES string of the molecule is CCc1cccc(CC)c1N(CCNC(=O)c1cccs1)S(C)(=O)=O. The molecule has 1 heterocycles. The number of aryl methyl sites for hydroxylation is 2. The highest BCUT2D eigenvalue weighted by Crippen LogP contribution is 2.28. The molecule has 0 saturated carbocycles. The van der Waals surface area contributed by atoms with Crippen molar-refractivity contribution in [2.75, 3.05) is 23.7 Å². The van der Waals surface area contributed by atoms with Gasteiger partial charge in [0.2, 0.25) is 10.0 Å². The van der Waals surface area contributed by atoms with Crippen LogP contribution in [0.1, 0.15) is 34.6 Å². The van der Waals surface area contributed by atoms with Gasteiger partial charge in [-0.15, -0.1) is 11.3 Å². The summed E-state index contributed by atoms with van der Waals surface area (Å²) in [5.41, 5.74) is 2.74. The first-order valence-electron chi connectivity index (χ1n) is 8.28. The number of para-hydroxylation sites is 1. The number of anilines is 1. The summed E-state index contributed by atoms with van der Waals surface area (Å²) in [6.45, 7) is 4.49. The number of carbonyl (C=O) groups excluding carboxylic acids is 1. The molecule has 0 bridgehead atoms. The van der Waals surface area contributed by atoms with Gasteiger partial charge in [-0.25, -0.2) is 8.42 Å². The van der Waals surface area contributed by atoms with Gasteiger partial charge in [-0.2, -0.15) is 0 Å². The van der Waals surface area contributed by atoms with E-state index in [1.54, 1.807) is 6.07 Å². The molecule has 0 fully saturated rings. The molecule has 0 atom stereocenters. The van der Waals surface area contributed by atoms with Gasteiger partial charge < -0.3 is 5.32 Å². The van der Waals surface area contributed by atoms with Gasteiger partial charge in [0, 0.05) is 6.54 Å². The van der Waals surface area contributed by atoms with Gasteiger partial charge in [-0.05, 0) is 35.4 Å². The molecule has 25 heavy (non-hydrogen) atoms. The van der Waals surface area contributed by atoms with Gasteiger partial charge in [0.15, 0.2) is 0 Å². The molecule has 0 radical (unpaired) electrons. The highest BCUT2D eigenvalue weighted by molar-refractivity contribution is 7.92. The van der Waals surface area contributed by atoms with Crippen molar-refractivity contribution in [1.29, 1.82) is 0 Å². The number of thiophene rings is 1. The van der Waals surface area contributed by atoms with Gasteiger partial charge in [0.05, 0.1) is 23.4 Å². The zero-order chi connectivity index (χ0) is 18.4. The molecule has 0 saturated heterocycles. The van der Waals surface area contributed by atoms with Crippen LogP contribution in [0.4, 0.5) is 5.69 Å². The van der Waals surface area contributed by atoms with Crippen LogP contribution in [0.2, 0.25) is 0 Å². The molecule has 1 N–H and O–H groups in total. The quantitative estimate of drug-likeness (QED) is 0.765. The number of amides is 1. The van der Waals surface area contributed by atoms with E-state index < -0.39 is 10.0 Å². The van der Waals surface area contributed by atoms with Crippen LogP contribution in [0.25, 0.3) is 0 Å². The normalized spacial score (nSPS) is 11.3. The van der Waals surface area contributed by atoms with E-state index in [1.165, 1.54) is 21.9 Å². The first-order chi connectivity index (χ1) is 11.9. The molecule has 136 valence electrons. The second-order valence-electron chi connectivity index (χ2n) is 5.70. The van der Waals surface area contributed by atoms with Crippen molar-refractivity contribution in [3.8, 4) is 0 Å². The van der Waals surface area contributed by atoms with E-state index in [9.17, 15) is 13.2 Å². The molecule has 2 aromatic rings. The predicted octanol–water partition coefficient (Wildman–Crippen LogP) is 3.07. The monoisotopic (exact) mass is 380 g/mol. The Morgan fingerprint density at radius 1 is 1.12 bits per heavy atom. The van der Waals surface area contributed by atoms with Gasteiger partial charge in [0.25, 0.3) is 5.91 Å². The van der Waals surface area contributed by atoms with Crippen molar-refractivity contribution in [2.24, 2.45) is 0 Å². The molecular formula is C18H24N2O3S2. The molecular weight excluding hydrogens is 356 g/mol. The number of sulfonamides is 1. The topological polar surface area (TPSA) is 66.5 Å². The number of nitrogens with zero attached hydrogens (tertiary/aromatic N) is 1. The maximum absolute atomic E-state index is 12.4. The molecule has 1 amide bonds. The zero-order valence-corrected chi connectivity index (χ0v) is 16.4. The summed E-state index contributed by atoms with van der Waals surface area (Å²) in [4.78, 5) is 12.7. The molecule has 0 aliphatic carbocycles. The lowest BCUT2D eigenvalue weighted by molar-refractivity contribution is 0.0959. The van der Waals surface area contributed by atoms with Crippen molar-refractivity contribution in [2.45, 2.75) is 26.7 Å². The Labute approximate surface area is 153 Å². The number of nitrogens with one attached hydrogen (secondary N) is 1. The van der Waals surface area contributed by atoms with Crippen molar-refractivity contribution in [3.05, 3.63) is 51.7 Å². The highest BCUT2D eigenvalue weighted by atomic mass is 32.2. The fraction of sp³-hybridized carbons (Fsp3) is 0.389.